The van der Waals surface area contributed by atoms with Crippen LogP contribution in [0.5, 0.6) is 0 Å². The Morgan fingerprint density at radius 1 is 1.41 bits per heavy atom. The van der Waals surface area contributed by atoms with Crippen LogP contribution in [-0.4, -0.2) is 18.0 Å². The molecule has 1 fully saturated rings. The van der Waals surface area contributed by atoms with E-state index in [2.05, 4.69) is 18.7 Å². The summed E-state index contributed by atoms with van der Waals surface area (Å²) in [5.41, 5.74) is 7.14. The van der Waals surface area contributed by atoms with Crippen molar-refractivity contribution in [3.05, 3.63) is 29.6 Å². The smallest absolute Gasteiger partial charge is 0.125 e. The Hall–Kier alpha value is -1.09. The summed E-state index contributed by atoms with van der Waals surface area (Å²) in [6, 6.07) is 4.81. The fraction of sp³-hybridized carbons (Fsp3) is 0.571. The SMILES string of the molecule is CC(C)C1CCN(Cc2cc(N)cc(F)c2)C1. The highest BCUT2D eigenvalue weighted by atomic mass is 19.1. The highest BCUT2D eigenvalue weighted by Crippen LogP contribution is 2.25. The van der Waals surface area contributed by atoms with Gasteiger partial charge in [0.15, 0.2) is 0 Å². The van der Waals surface area contributed by atoms with Crippen molar-refractivity contribution in [3.8, 4) is 0 Å². The van der Waals surface area contributed by atoms with E-state index >= 15 is 0 Å². The van der Waals surface area contributed by atoms with Crippen molar-refractivity contribution < 1.29 is 4.39 Å². The van der Waals surface area contributed by atoms with Gasteiger partial charge in [-0.1, -0.05) is 13.8 Å². The van der Waals surface area contributed by atoms with Crippen LogP contribution in [0.2, 0.25) is 0 Å². The average molecular weight is 236 g/mol. The molecule has 1 aliphatic heterocycles. The Labute approximate surface area is 103 Å². The third kappa shape index (κ3) is 3.19. The van der Waals surface area contributed by atoms with Crippen molar-refractivity contribution in [1.82, 2.24) is 4.90 Å². The van der Waals surface area contributed by atoms with E-state index in [1.807, 2.05) is 6.07 Å². The Morgan fingerprint density at radius 2 is 2.18 bits per heavy atom. The quantitative estimate of drug-likeness (QED) is 0.818. The van der Waals surface area contributed by atoms with Gasteiger partial charge in [0.1, 0.15) is 5.82 Å². The van der Waals surface area contributed by atoms with Gasteiger partial charge in [0.05, 0.1) is 0 Å². The molecule has 2 rings (SSSR count). The molecular weight excluding hydrogens is 215 g/mol. The molecule has 1 unspecified atom stereocenters. The van der Waals surface area contributed by atoms with Crippen LogP contribution >= 0.6 is 0 Å². The van der Waals surface area contributed by atoms with E-state index in [1.54, 1.807) is 6.07 Å². The van der Waals surface area contributed by atoms with Crippen LogP contribution in [0.15, 0.2) is 18.2 Å². The number of anilines is 1. The van der Waals surface area contributed by atoms with E-state index in [-0.39, 0.29) is 5.82 Å². The highest BCUT2D eigenvalue weighted by Gasteiger charge is 2.24. The van der Waals surface area contributed by atoms with E-state index in [0.717, 1.165) is 37.0 Å². The van der Waals surface area contributed by atoms with Gasteiger partial charge >= 0.3 is 0 Å². The van der Waals surface area contributed by atoms with Gasteiger partial charge in [0.25, 0.3) is 0 Å². The molecule has 1 saturated heterocycles. The predicted molar refractivity (Wildman–Crippen MR) is 69.0 cm³/mol. The summed E-state index contributed by atoms with van der Waals surface area (Å²) in [5, 5.41) is 0. The summed E-state index contributed by atoms with van der Waals surface area (Å²) < 4.78 is 13.2. The summed E-state index contributed by atoms with van der Waals surface area (Å²) in [5.74, 6) is 1.28. The van der Waals surface area contributed by atoms with Gasteiger partial charge in [-0.2, -0.15) is 0 Å². The second-order valence-electron chi connectivity index (χ2n) is 5.42. The number of nitrogen functional groups attached to an aromatic ring is 1. The third-order valence-corrected chi connectivity index (χ3v) is 3.64. The number of halogens is 1. The van der Waals surface area contributed by atoms with Gasteiger partial charge in [-0.15, -0.1) is 0 Å². The fourth-order valence-corrected chi connectivity index (χ4v) is 2.58. The molecule has 2 N–H and O–H groups in total. The molecule has 0 amide bonds. The van der Waals surface area contributed by atoms with Crippen LogP contribution < -0.4 is 5.73 Å². The monoisotopic (exact) mass is 236 g/mol. The zero-order valence-corrected chi connectivity index (χ0v) is 10.6. The van der Waals surface area contributed by atoms with Crippen molar-refractivity contribution in [1.29, 1.82) is 0 Å². The minimum atomic E-state index is -0.236. The Morgan fingerprint density at radius 3 is 2.76 bits per heavy atom. The first-order valence-electron chi connectivity index (χ1n) is 6.32. The topological polar surface area (TPSA) is 29.3 Å². The van der Waals surface area contributed by atoms with Crippen molar-refractivity contribution in [2.75, 3.05) is 18.8 Å². The minimum Gasteiger partial charge on any atom is -0.399 e. The number of benzene rings is 1. The average Bonchev–Trinajstić information content (AvgIpc) is 2.64. The minimum absolute atomic E-state index is 0.236. The van der Waals surface area contributed by atoms with E-state index < -0.39 is 0 Å². The summed E-state index contributed by atoms with van der Waals surface area (Å²) in [4.78, 5) is 2.39. The molecule has 0 radical (unpaired) electrons. The molecule has 0 aromatic heterocycles. The summed E-state index contributed by atoms with van der Waals surface area (Å²) in [6.07, 6.45) is 1.25. The van der Waals surface area contributed by atoms with Gasteiger partial charge in [-0.3, -0.25) is 4.90 Å². The van der Waals surface area contributed by atoms with Crippen molar-refractivity contribution in [3.63, 3.8) is 0 Å². The largest absolute Gasteiger partial charge is 0.399 e. The maximum atomic E-state index is 13.2. The van der Waals surface area contributed by atoms with Crippen LogP contribution in [-0.2, 0) is 6.54 Å². The molecule has 0 spiro atoms. The van der Waals surface area contributed by atoms with Gasteiger partial charge in [-0.05, 0) is 48.6 Å². The van der Waals surface area contributed by atoms with Crippen LogP contribution in [0.25, 0.3) is 0 Å². The number of nitrogens with zero attached hydrogens (tertiary/aromatic N) is 1. The standard InChI is InChI=1S/C14H21FN2/c1-10(2)12-3-4-17(9-12)8-11-5-13(15)7-14(16)6-11/h5-7,10,12H,3-4,8-9,16H2,1-2H3. The molecule has 1 heterocycles. The van der Waals surface area contributed by atoms with Crippen molar-refractivity contribution in [2.45, 2.75) is 26.8 Å². The van der Waals surface area contributed by atoms with E-state index in [9.17, 15) is 4.39 Å². The second-order valence-corrected chi connectivity index (χ2v) is 5.42. The molecule has 1 aliphatic rings. The maximum Gasteiger partial charge on any atom is 0.125 e. The normalized spacial score (nSPS) is 21.3. The Bertz CT molecular complexity index is 370. The molecule has 0 saturated carbocycles. The number of hydrogen-bond donors (Lipinski definition) is 1. The van der Waals surface area contributed by atoms with Crippen LogP contribution in [0.3, 0.4) is 0 Å². The lowest BCUT2D eigenvalue weighted by molar-refractivity contribution is 0.296. The fourth-order valence-electron chi connectivity index (χ4n) is 2.58. The number of likely N-dealkylation sites (tertiary alicyclic amines) is 1. The van der Waals surface area contributed by atoms with E-state index in [0.29, 0.717) is 5.69 Å². The van der Waals surface area contributed by atoms with Crippen LogP contribution in [0.4, 0.5) is 10.1 Å². The molecule has 94 valence electrons. The first-order chi connectivity index (χ1) is 8.04. The molecule has 2 nitrogen and oxygen atoms in total. The first-order valence-corrected chi connectivity index (χ1v) is 6.32. The van der Waals surface area contributed by atoms with Crippen LogP contribution in [0.1, 0.15) is 25.8 Å². The lowest BCUT2D eigenvalue weighted by Gasteiger charge is -2.18. The summed E-state index contributed by atoms with van der Waals surface area (Å²) in [7, 11) is 0. The molecule has 1 aromatic carbocycles. The van der Waals surface area contributed by atoms with Crippen molar-refractivity contribution >= 4 is 5.69 Å². The molecular formula is C14H21FN2. The molecule has 17 heavy (non-hydrogen) atoms. The third-order valence-electron chi connectivity index (χ3n) is 3.64. The summed E-state index contributed by atoms with van der Waals surface area (Å²) in [6.45, 7) is 7.58. The van der Waals surface area contributed by atoms with Gasteiger partial charge in [0, 0.05) is 18.8 Å². The lowest BCUT2D eigenvalue weighted by atomic mass is 9.95. The number of hydrogen-bond acceptors (Lipinski definition) is 2. The van der Waals surface area contributed by atoms with Gasteiger partial charge in [0.2, 0.25) is 0 Å². The zero-order valence-electron chi connectivity index (χ0n) is 10.6. The highest BCUT2D eigenvalue weighted by molar-refractivity contribution is 5.41. The number of nitrogens with two attached hydrogens (primary N) is 1. The molecule has 1 aromatic rings. The predicted octanol–water partition coefficient (Wildman–Crippen LogP) is 2.89. The van der Waals surface area contributed by atoms with E-state index in [4.69, 9.17) is 5.73 Å². The van der Waals surface area contributed by atoms with Gasteiger partial charge in [-0.25, -0.2) is 4.39 Å². The zero-order chi connectivity index (χ0) is 12.4. The number of rotatable bonds is 3. The second kappa shape index (κ2) is 5.05. The van der Waals surface area contributed by atoms with Crippen molar-refractivity contribution in [2.24, 2.45) is 11.8 Å². The molecule has 0 aliphatic carbocycles. The first kappa shape index (κ1) is 12.4. The Balaban J connectivity index is 1.98. The molecule has 0 bridgehead atoms. The van der Waals surface area contributed by atoms with E-state index in [1.165, 1.54) is 12.5 Å². The maximum absolute atomic E-state index is 13.2. The Kier molecular flexibility index (Phi) is 3.67. The molecule has 1 atom stereocenters. The summed E-state index contributed by atoms with van der Waals surface area (Å²) >= 11 is 0. The van der Waals surface area contributed by atoms with Gasteiger partial charge < -0.3 is 5.73 Å². The lowest BCUT2D eigenvalue weighted by Crippen LogP contribution is -2.21. The van der Waals surface area contributed by atoms with Crippen LogP contribution in [0, 0.1) is 17.7 Å². The molecule has 3 heteroatoms.